The fourth-order valence-corrected chi connectivity index (χ4v) is 6.11. The van der Waals surface area contributed by atoms with Gasteiger partial charge in [-0.25, -0.2) is 4.79 Å². The van der Waals surface area contributed by atoms with Gasteiger partial charge in [-0.1, -0.05) is 56.0 Å². The molecule has 1 aliphatic carbocycles. The molecule has 1 saturated carbocycles. The molecule has 2 aromatic carbocycles. The maximum absolute atomic E-state index is 13.4. The molecule has 3 aromatic rings. The second kappa shape index (κ2) is 19.1. The first-order valence-electron chi connectivity index (χ1n) is 17.2. The van der Waals surface area contributed by atoms with Gasteiger partial charge in [-0.05, 0) is 55.0 Å². The van der Waals surface area contributed by atoms with Crippen molar-refractivity contribution in [2.45, 2.75) is 70.0 Å². The zero-order valence-electron chi connectivity index (χ0n) is 28.7. The lowest BCUT2D eigenvalue weighted by molar-refractivity contribution is -0.192. The molecule has 0 atom stereocenters. The quantitative estimate of drug-likeness (QED) is 0.101. The van der Waals surface area contributed by atoms with Gasteiger partial charge in [0.15, 0.2) is 12.4 Å². The third kappa shape index (κ3) is 12.3. The molecule has 2 amide bonds. The Bertz CT molecular complexity index is 1610. The number of alkyl halides is 3. The van der Waals surface area contributed by atoms with Crippen molar-refractivity contribution in [2.75, 3.05) is 44.8 Å². The van der Waals surface area contributed by atoms with E-state index in [-0.39, 0.29) is 30.2 Å². The number of carbonyl (C=O) groups is 3. The number of nitrogens with one attached hydrogen (secondary N) is 2. The molecule has 2 aliphatic rings. The highest BCUT2D eigenvalue weighted by molar-refractivity contribution is 5.97. The third-order valence-corrected chi connectivity index (χ3v) is 8.72. The van der Waals surface area contributed by atoms with Crippen LogP contribution >= 0.6 is 0 Å². The maximum atomic E-state index is 13.4. The van der Waals surface area contributed by atoms with E-state index in [1.165, 1.54) is 31.2 Å². The summed E-state index contributed by atoms with van der Waals surface area (Å²) in [5.41, 5.74) is 4.69. The minimum atomic E-state index is -5.08. The highest BCUT2D eigenvalue weighted by Gasteiger charge is 2.38. The average Bonchev–Trinajstić information content (AvgIpc) is 3.36. The van der Waals surface area contributed by atoms with Crippen LogP contribution < -0.4 is 15.4 Å². The molecule has 0 radical (unpaired) electrons. The minimum Gasteiger partial charge on any atom is -0.506 e. The molecule has 12 nitrogen and oxygen atoms in total. The van der Waals surface area contributed by atoms with Gasteiger partial charge >= 0.3 is 12.1 Å². The van der Waals surface area contributed by atoms with E-state index >= 15 is 0 Å². The lowest BCUT2D eigenvalue weighted by atomic mass is 10.0. The smallest absolute Gasteiger partial charge is 0.490 e. The van der Waals surface area contributed by atoms with Gasteiger partial charge in [0.25, 0.3) is 5.91 Å². The number of phenols is 1. The molecular formula is C36H46F3N5O7. The summed E-state index contributed by atoms with van der Waals surface area (Å²) in [5, 5.41) is 27.7. The van der Waals surface area contributed by atoms with Crippen LogP contribution in [0.2, 0.25) is 0 Å². The molecule has 4 N–H and O–H groups in total. The number of hydrogen-bond donors (Lipinski definition) is 4. The largest absolute Gasteiger partial charge is 0.506 e. The van der Waals surface area contributed by atoms with Crippen molar-refractivity contribution in [3.63, 3.8) is 0 Å². The van der Waals surface area contributed by atoms with Gasteiger partial charge in [0.1, 0.15) is 11.4 Å². The minimum absolute atomic E-state index is 0.00123. The number of fused-ring (bicyclic) bond motifs is 1. The normalized spacial score (nSPS) is 14.7. The summed E-state index contributed by atoms with van der Waals surface area (Å²) in [6.45, 7) is 2.97. The summed E-state index contributed by atoms with van der Waals surface area (Å²) >= 11 is 0. The van der Waals surface area contributed by atoms with Crippen molar-refractivity contribution in [1.82, 2.24) is 20.0 Å². The predicted octanol–water partition coefficient (Wildman–Crippen LogP) is 5.09. The topological polar surface area (TPSA) is 155 Å². The molecule has 1 aromatic heterocycles. The van der Waals surface area contributed by atoms with E-state index < -0.39 is 12.1 Å². The summed E-state index contributed by atoms with van der Waals surface area (Å²) in [7, 11) is 1.92. The Labute approximate surface area is 294 Å². The summed E-state index contributed by atoms with van der Waals surface area (Å²) in [5.74, 6) is -2.34. The number of nitrogens with zero attached hydrogens (tertiary/aromatic N) is 3. The van der Waals surface area contributed by atoms with Crippen LogP contribution in [0, 0.1) is 0 Å². The number of rotatable bonds is 14. The van der Waals surface area contributed by atoms with Gasteiger partial charge in [0.2, 0.25) is 5.91 Å². The summed E-state index contributed by atoms with van der Waals surface area (Å²) in [6.07, 6.45) is 7.57. The lowest BCUT2D eigenvalue weighted by Crippen LogP contribution is -2.44. The second-order valence-electron chi connectivity index (χ2n) is 12.5. The first-order chi connectivity index (χ1) is 24.4. The van der Waals surface area contributed by atoms with E-state index in [4.69, 9.17) is 19.4 Å². The SMILES string of the molecule is Cn1cc(-c2cccc(CCOCCC(=O)N(CCNCCc3ccc(O)c4c3OCC(=O)N4)C3CCCCCC3)c2)cn1.O=C(O)C(F)(F)F. The predicted molar refractivity (Wildman–Crippen MR) is 183 cm³/mol. The van der Waals surface area contributed by atoms with Crippen LogP contribution in [0.25, 0.3) is 11.1 Å². The van der Waals surface area contributed by atoms with Crippen LogP contribution in [0.5, 0.6) is 11.5 Å². The van der Waals surface area contributed by atoms with E-state index in [2.05, 4.69) is 44.9 Å². The van der Waals surface area contributed by atoms with Crippen molar-refractivity contribution in [2.24, 2.45) is 7.05 Å². The number of aryl methyl sites for hydroxylation is 1. The van der Waals surface area contributed by atoms with E-state index in [1.54, 1.807) is 10.7 Å². The summed E-state index contributed by atoms with van der Waals surface area (Å²) < 4.78 is 45.1. The number of hydrogen-bond acceptors (Lipinski definition) is 8. The number of aliphatic carboxylic acids is 1. The molecular weight excluding hydrogens is 671 g/mol. The number of phenolic OH excluding ortho intramolecular Hbond substituents is 1. The van der Waals surface area contributed by atoms with Gasteiger partial charge in [-0.2, -0.15) is 18.3 Å². The maximum Gasteiger partial charge on any atom is 0.490 e. The number of amides is 2. The third-order valence-electron chi connectivity index (χ3n) is 8.72. The monoisotopic (exact) mass is 717 g/mol. The Morgan fingerprint density at radius 1 is 1.08 bits per heavy atom. The van der Waals surface area contributed by atoms with Gasteiger partial charge in [-0.15, -0.1) is 0 Å². The van der Waals surface area contributed by atoms with Gasteiger partial charge in [-0.3, -0.25) is 14.3 Å². The zero-order valence-corrected chi connectivity index (χ0v) is 28.7. The fourth-order valence-electron chi connectivity index (χ4n) is 6.11. The van der Waals surface area contributed by atoms with Gasteiger partial charge in [0.05, 0.1) is 25.8 Å². The standard InChI is InChI=1S/C34H45N5O5.C2HF3O2/c1-38-23-28(22-36-38)27-8-6-7-25(21-27)14-19-43-20-15-32(42)39(29-9-4-2-3-5-10-29)18-17-35-16-13-26-11-12-30(40)33-34(26)44-24-31(41)37-33;3-2(4,5)1(6)7/h6-8,11-12,21-23,29,35,40H,2-5,9-10,13-20,24H2,1H3,(H,37,41);(H,6,7). The number of benzene rings is 2. The summed E-state index contributed by atoms with van der Waals surface area (Å²) in [6, 6.07) is 12.1. The van der Waals surface area contributed by atoms with E-state index in [0.717, 1.165) is 36.0 Å². The molecule has 0 bridgehead atoms. The van der Waals surface area contributed by atoms with E-state index in [1.807, 2.05) is 25.5 Å². The van der Waals surface area contributed by atoms with Gasteiger partial charge < -0.3 is 35.2 Å². The molecule has 278 valence electrons. The molecule has 5 rings (SSSR count). The molecule has 1 fully saturated rings. The van der Waals surface area contributed by atoms with Crippen molar-refractivity contribution >= 4 is 23.5 Å². The Morgan fingerprint density at radius 2 is 1.82 bits per heavy atom. The molecule has 1 aliphatic heterocycles. The Morgan fingerprint density at radius 3 is 2.51 bits per heavy atom. The average molecular weight is 718 g/mol. The molecule has 0 unspecified atom stereocenters. The number of carbonyl (C=O) groups excluding carboxylic acids is 2. The van der Waals surface area contributed by atoms with Crippen LogP contribution in [-0.4, -0.2) is 94.4 Å². The van der Waals surface area contributed by atoms with Crippen LogP contribution in [0.3, 0.4) is 0 Å². The Balaban J connectivity index is 0.000000755. The molecule has 51 heavy (non-hydrogen) atoms. The second-order valence-corrected chi connectivity index (χ2v) is 12.5. The number of carboxylic acids is 1. The van der Waals surface area contributed by atoms with Crippen molar-refractivity contribution in [1.29, 1.82) is 0 Å². The van der Waals surface area contributed by atoms with Crippen LogP contribution in [-0.2, 0) is 39.0 Å². The Kier molecular flexibility index (Phi) is 14.7. The van der Waals surface area contributed by atoms with Gasteiger partial charge in [0, 0.05) is 37.9 Å². The Hall–Kier alpha value is -4.63. The number of aromatic hydroxyl groups is 1. The summed E-state index contributed by atoms with van der Waals surface area (Å²) in [4.78, 5) is 36.1. The number of carboxylic acid groups (broad SMARTS) is 1. The van der Waals surface area contributed by atoms with Crippen LogP contribution in [0.1, 0.15) is 56.1 Å². The number of aromatic nitrogens is 2. The molecule has 0 spiro atoms. The first kappa shape index (κ1) is 39.2. The number of halogens is 3. The van der Waals surface area contributed by atoms with E-state index in [0.29, 0.717) is 57.1 Å². The van der Waals surface area contributed by atoms with Crippen LogP contribution in [0.4, 0.5) is 18.9 Å². The number of ether oxygens (including phenoxy) is 2. The van der Waals surface area contributed by atoms with Crippen molar-refractivity contribution in [3.8, 4) is 22.6 Å². The molecule has 2 heterocycles. The number of anilines is 1. The molecule has 15 heteroatoms. The molecule has 0 saturated heterocycles. The van der Waals surface area contributed by atoms with E-state index in [9.17, 15) is 27.9 Å². The highest BCUT2D eigenvalue weighted by Crippen LogP contribution is 2.39. The van der Waals surface area contributed by atoms with Crippen LogP contribution in [0.15, 0.2) is 48.8 Å². The zero-order chi connectivity index (χ0) is 36.8. The fraction of sp³-hybridized carbons (Fsp3) is 0.500. The first-order valence-corrected chi connectivity index (χ1v) is 17.2. The van der Waals surface area contributed by atoms with Crippen molar-refractivity contribution < 1.29 is 47.2 Å². The van der Waals surface area contributed by atoms with Crippen molar-refractivity contribution in [3.05, 3.63) is 59.9 Å². The lowest BCUT2D eigenvalue weighted by Gasteiger charge is -2.31. The highest BCUT2D eigenvalue weighted by atomic mass is 19.4.